The summed E-state index contributed by atoms with van der Waals surface area (Å²) in [5.41, 5.74) is 4.45. The van der Waals surface area contributed by atoms with Gasteiger partial charge in [0.05, 0.1) is 19.6 Å². The first-order valence-corrected chi connectivity index (χ1v) is 9.78. The molecule has 0 aromatic heterocycles. The van der Waals surface area contributed by atoms with E-state index in [0.717, 1.165) is 22.4 Å². The molecule has 3 rings (SSSR count). The van der Waals surface area contributed by atoms with Crippen molar-refractivity contribution in [3.63, 3.8) is 0 Å². The first kappa shape index (κ1) is 20.6. The average Bonchev–Trinajstić information content (AvgIpc) is 2.75. The SMILES string of the molecule is COc1cccc(C(CNC(=O)Cc2ccc(-c3ccccc3)cc2)N(C)C)c1. The Morgan fingerprint density at radius 3 is 2.28 bits per heavy atom. The lowest BCUT2D eigenvalue weighted by Crippen LogP contribution is -2.35. The van der Waals surface area contributed by atoms with E-state index in [4.69, 9.17) is 4.74 Å². The monoisotopic (exact) mass is 388 g/mol. The number of benzene rings is 3. The molecule has 0 aliphatic carbocycles. The number of likely N-dealkylation sites (N-methyl/N-ethyl adjacent to an activating group) is 1. The predicted octanol–water partition coefficient (Wildman–Crippen LogP) is 4.32. The van der Waals surface area contributed by atoms with E-state index in [1.165, 1.54) is 5.56 Å². The van der Waals surface area contributed by atoms with Crippen LogP contribution in [0.1, 0.15) is 17.2 Å². The van der Waals surface area contributed by atoms with Crippen LogP contribution in [0, 0.1) is 0 Å². The fourth-order valence-electron chi connectivity index (χ4n) is 3.35. The normalized spacial score (nSPS) is 11.9. The summed E-state index contributed by atoms with van der Waals surface area (Å²) in [6.07, 6.45) is 0.368. The van der Waals surface area contributed by atoms with Gasteiger partial charge >= 0.3 is 0 Å². The molecule has 0 saturated heterocycles. The Morgan fingerprint density at radius 2 is 1.62 bits per heavy atom. The van der Waals surface area contributed by atoms with E-state index in [-0.39, 0.29) is 11.9 Å². The number of nitrogens with one attached hydrogen (secondary N) is 1. The number of hydrogen-bond donors (Lipinski definition) is 1. The minimum Gasteiger partial charge on any atom is -0.497 e. The number of amides is 1. The van der Waals surface area contributed by atoms with Crippen LogP contribution in [0.15, 0.2) is 78.9 Å². The molecule has 1 N–H and O–H groups in total. The Labute approximate surface area is 173 Å². The van der Waals surface area contributed by atoms with Crippen LogP contribution in [0.5, 0.6) is 5.75 Å². The molecule has 0 radical (unpaired) electrons. The van der Waals surface area contributed by atoms with Crippen LogP contribution in [0.2, 0.25) is 0 Å². The Morgan fingerprint density at radius 1 is 0.931 bits per heavy atom. The molecular weight excluding hydrogens is 360 g/mol. The summed E-state index contributed by atoms with van der Waals surface area (Å²) in [5, 5.41) is 3.07. The second-order valence-electron chi connectivity index (χ2n) is 7.30. The third-order valence-corrected chi connectivity index (χ3v) is 5.02. The van der Waals surface area contributed by atoms with Gasteiger partial charge in [0.25, 0.3) is 0 Å². The lowest BCUT2D eigenvalue weighted by atomic mass is 10.0. The van der Waals surface area contributed by atoms with Crippen LogP contribution in [-0.4, -0.2) is 38.6 Å². The summed E-state index contributed by atoms with van der Waals surface area (Å²) in [6.45, 7) is 0.543. The van der Waals surface area contributed by atoms with Crippen LogP contribution >= 0.6 is 0 Å². The van der Waals surface area contributed by atoms with Crippen LogP contribution in [0.25, 0.3) is 11.1 Å². The number of ether oxygens (including phenoxy) is 1. The van der Waals surface area contributed by atoms with Gasteiger partial charge in [-0.15, -0.1) is 0 Å². The van der Waals surface area contributed by atoms with Crippen molar-refractivity contribution in [3.8, 4) is 16.9 Å². The number of carbonyl (C=O) groups is 1. The van der Waals surface area contributed by atoms with Gasteiger partial charge in [0.1, 0.15) is 5.75 Å². The predicted molar refractivity (Wildman–Crippen MR) is 118 cm³/mol. The lowest BCUT2D eigenvalue weighted by molar-refractivity contribution is -0.120. The Kier molecular flexibility index (Phi) is 7.04. The van der Waals surface area contributed by atoms with E-state index in [2.05, 4.69) is 40.5 Å². The Bertz CT molecular complexity index is 921. The number of hydrogen-bond acceptors (Lipinski definition) is 3. The number of rotatable bonds is 8. The van der Waals surface area contributed by atoms with E-state index in [9.17, 15) is 4.79 Å². The fraction of sp³-hybridized carbons (Fsp3) is 0.240. The van der Waals surface area contributed by atoms with E-state index in [1.54, 1.807) is 7.11 Å². The van der Waals surface area contributed by atoms with E-state index in [0.29, 0.717) is 13.0 Å². The minimum atomic E-state index is 0.0206. The number of nitrogens with zero attached hydrogens (tertiary/aromatic N) is 1. The van der Waals surface area contributed by atoms with Gasteiger partial charge < -0.3 is 15.0 Å². The Balaban J connectivity index is 1.59. The van der Waals surface area contributed by atoms with Gasteiger partial charge in [0.15, 0.2) is 0 Å². The van der Waals surface area contributed by atoms with Crippen LogP contribution in [0.4, 0.5) is 0 Å². The third kappa shape index (κ3) is 5.69. The maximum atomic E-state index is 12.5. The van der Waals surface area contributed by atoms with Crippen LogP contribution in [0.3, 0.4) is 0 Å². The molecule has 0 spiro atoms. The van der Waals surface area contributed by atoms with Crippen molar-refractivity contribution in [3.05, 3.63) is 90.0 Å². The fourth-order valence-corrected chi connectivity index (χ4v) is 3.35. The zero-order valence-electron chi connectivity index (χ0n) is 17.3. The summed E-state index contributed by atoms with van der Waals surface area (Å²) in [5.74, 6) is 0.839. The number of methoxy groups -OCH3 is 1. The smallest absolute Gasteiger partial charge is 0.224 e. The zero-order valence-corrected chi connectivity index (χ0v) is 17.3. The quantitative estimate of drug-likeness (QED) is 0.625. The number of carbonyl (C=O) groups excluding carboxylic acids is 1. The van der Waals surface area contributed by atoms with Crippen molar-refractivity contribution in [2.24, 2.45) is 0 Å². The molecule has 0 fully saturated rings. The molecule has 1 unspecified atom stereocenters. The highest BCUT2D eigenvalue weighted by atomic mass is 16.5. The first-order chi connectivity index (χ1) is 14.1. The third-order valence-electron chi connectivity index (χ3n) is 5.02. The maximum Gasteiger partial charge on any atom is 0.224 e. The standard InChI is InChI=1S/C25H28N2O2/c1-27(2)24(22-10-7-11-23(17-22)29-3)18-26-25(28)16-19-12-14-21(15-13-19)20-8-5-4-6-9-20/h4-15,17,24H,16,18H2,1-3H3,(H,26,28). The van der Waals surface area contributed by atoms with E-state index >= 15 is 0 Å². The molecule has 3 aromatic carbocycles. The lowest BCUT2D eigenvalue weighted by Gasteiger charge is -2.25. The summed E-state index contributed by atoms with van der Waals surface area (Å²) in [6, 6.07) is 26.5. The molecular formula is C25H28N2O2. The highest BCUT2D eigenvalue weighted by Crippen LogP contribution is 2.22. The van der Waals surface area contributed by atoms with Crippen molar-refractivity contribution in [1.29, 1.82) is 0 Å². The highest BCUT2D eigenvalue weighted by molar-refractivity contribution is 5.79. The van der Waals surface area contributed by atoms with E-state index in [1.807, 2.05) is 62.6 Å². The summed E-state index contributed by atoms with van der Waals surface area (Å²) >= 11 is 0. The molecule has 0 aliphatic rings. The van der Waals surface area contributed by atoms with Crippen LogP contribution < -0.4 is 10.1 Å². The van der Waals surface area contributed by atoms with Gasteiger partial charge in [-0.3, -0.25) is 4.79 Å². The summed E-state index contributed by atoms with van der Waals surface area (Å²) in [4.78, 5) is 14.6. The first-order valence-electron chi connectivity index (χ1n) is 9.78. The molecule has 4 heteroatoms. The van der Waals surface area contributed by atoms with Crippen molar-refractivity contribution in [2.75, 3.05) is 27.7 Å². The summed E-state index contributed by atoms with van der Waals surface area (Å²) < 4.78 is 5.33. The molecule has 150 valence electrons. The molecule has 1 atom stereocenters. The van der Waals surface area contributed by atoms with Gasteiger partial charge in [-0.05, 0) is 48.5 Å². The second kappa shape index (κ2) is 9.89. The van der Waals surface area contributed by atoms with Gasteiger partial charge in [0.2, 0.25) is 5.91 Å². The molecule has 4 nitrogen and oxygen atoms in total. The summed E-state index contributed by atoms with van der Waals surface area (Å²) in [7, 11) is 5.69. The molecule has 0 saturated carbocycles. The van der Waals surface area contributed by atoms with Gasteiger partial charge in [-0.2, -0.15) is 0 Å². The zero-order chi connectivity index (χ0) is 20.6. The molecule has 0 heterocycles. The van der Waals surface area contributed by atoms with E-state index < -0.39 is 0 Å². The Hall–Kier alpha value is -3.11. The minimum absolute atomic E-state index is 0.0206. The second-order valence-corrected chi connectivity index (χ2v) is 7.30. The topological polar surface area (TPSA) is 41.6 Å². The molecule has 3 aromatic rings. The van der Waals surface area contributed by atoms with Crippen LogP contribution in [-0.2, 0) is 11.2 Å². The highest BCUT2D eigenvalue weighted by Gasteiger charge is 2.16. The van der Waals surface area contributed by atoms with Crippen molar-refractivity contribution in [1.82, 2.24) is 10.2 Å². The molecule has 29 heavy (non-hydrogen) atoms. The largest absolute Gasteiger partial charge is 0.497 e. The average molecular weight is 389 g/mol. The van der Waals surface area contributed by atoms with Gasteiger partial charge in [0, 0.05) is 6.54 Å². The molecule has 0 bridgehead atoms. The maximum absolute atomic E-state index is 12.5. The van der Waals surface area contributed by atoms with Crippen molar-refractivity contribution in [2.45, 2.75) is 12.5 Å². The van der Waals surface area contributed by atoms with Crippen molar-refractivity contribution >= 4 is 5.91 Å². The van der Waals surface area contributed by atoms with Crippen molar-refractivity contribution < 1.29 is 9.53 Å². The molecule has 1 amide bonds. The van der Waals surface area contributed by atoms with Gasteiger partial charge in [-0.1, -0.05) is 66.7 Å². The molecule has 0 aliphatic heterocycles. The van der Waals surface area contributed by atoms with Gasteiger partial charge in [-0.25, -0.2) is 0 Å².